The number of carbonyl (C=O) groups is 1. The molecule has 3 aromatic carbocycles. The number of phenolic OH excluding ortho intramolecular Hbond substituents is 1. The quantitative estimate of drug-likeness (QED) is 0.166. The van der Waals surface area contributed by atoms with E-state index in [2.05, 4.69) is 20.7 Å². The smallest absolute Gasteiger partial charge is 0.250 e. The number of carbonyl (C=O) groups excluding carboxylic acids is 1. The molecule has 0 saturated heterocycles. The molecule has 1 amide bonds. The van der Waals surface area contributed by atoms with E-state index in [1.165, 1.54) is 24.0 Å². The van der Waals surface area contributed by atoms with Gasteiger partial charge in [-0.15, -0.1) is 10.2 Å². The largest absolute Gasteiger partial charge is 0.504 e. The van der Waals surface area contributed by atoms with Crippen LogP contribution >= 0.6 is 11.8 Å². The van der Waals surface area contributed by atoms with Gasteiger partial charge in [0.15, 0.2) is 34.0 Å². The Morgan fingerprint density at radius 1 is 1.03 bits per heavy atom. The summed E-state index contributed by atoms with van der Waals surface area (Å²) in [5, 5.41) is 23.1. The first-order valence-corrected chi connectivity index (χ1v) is 12.7. The zero-order chi connectivity index (χ0) is 26.9. The van der Waals surface area contributed by atoms with E-state index in [4.69, 9.17) is 14.2 Å². The molecular formula is C27H27N5O5S. The second-order valence-corrected chi connectivity index (χ2v) is 8.73. The number of nitrogens with zero attached hydrogens (tertiary/aromatic N) is 4. The van der Waals surface area contributed by atoms with E-state index in [-0.39, 0.29) is 17.4 Å². The molecule has 0 aliphatic carbocycles. The number of hydrogen-bond donors (Lipinski definition) is 2. The highest BCUT2D eigenvalue weighted by molar-refractivity contribution is 7.99. The van der Waals surface area contributed by atoms with Crippen molar-refractivity contribution >= 4 is 23.9 Å². The van der Waals surface area contributed by atoms with Gasteiger partial charge in [-0.1, -0.05) is 30.0 Å². The third-order valence-electron chi connectivity index (χ3n) is 5.31. The van der Waals surface area contributed by atoms with E-state index in [0.717, 1.165) is 11.3 Å². The molecule has 196 valence electrons. The first kappa shape index (κ1) is 26.6. The lowest BCUT2D eigenvalue weighted by atomic mass is 10.2. The lowest BCUT2D eigenvalue weighted by molar-refractivity contribution is -0.118. The molecule has 10 nitrogen and oxygen atoms in total. The zero-order valence-corrected chi connectivity index (χ0v) is 21.9. The van der Waals surface area contributed by atoms with Crippen molar-refractivity contribution in [3.05, 3.63) is 72.3 Å². The van der Waals surface area contributed by atoms with Gasteiger partial charge in [0.25, 0.3) is 5.91 Å². The highest BCUT2D eigenvalue weighted by Gasteiger charge is 2.18. The summed E-state index contributed by atoms with van der Waals surface area (Å²) in [6.07, 6.45) is 1.48. The summed E-state index contributed by atoms with van der Waals surface area (Å²) in [4.78, 5) is 12.5. The van der Waals surface area contributed by atoms with E-state index in [0.29, 0.717) is 40.4 Å². The van der Waals surface area contributed by atoms with E-state index >= 15 is 0 Å². The minimum Gasteiger partial charge on any atom is -0.504 e. The topological polar surface area (TPSA) is 120 Å². The lowest BCUT2D eigenvalue weighted by Crippen LogP contribution is -2.20. The highest BCUT2D eigenvalue weighted by atomic mass is 32.2. The van der Waals surface area contributed by atoms with Gasteiger partial charge in [0.1, 0.15) is 0 Å². The number of phenols is 1. The van der Waals surface area contributed by atoms with Gasteiger partial charge in [-0.25, -0.2) is 5.43 Å². The predicted molar refractivity (Wildman–Crippen MR) is 146 cm³/mol. The van der Waals surface area contributed by atoms with Gasteiger partial charge in [-0.3, -0.25) is 9.36 Å². The summed E-state index contributed by atoms with van der Waals surface area (Å²) in [7, 11) is 3.15. The molecule has 38 heavy (non-hydrogen) atoms. The number of ether oxygens (including phenoxy) is 3. The van der Waals surface area contributed by atoms with E-state index in [1.54, 1.807) is 26.4 Å². The maximum atomic E-state index is 12.5. The number of hydrogen-bond acceptors (Lipinski definition) is 9. The van der Waals surface area contributed by atoms with Crippen LogP contribution in [-0.2, 0) is 4.79 Å². The minimum atomic E-state index is -0.315. The molecule has 0 radical (unpaired) electrons. The summed E-state index contributed by atoms with van der Waals surface area (Å²) in [5.74, 6) is 1.91. The fraction of sp³-hybridized carbons (Fsp3) is 0.185. The van der Waals surface area contributed by atoms with Crippen molar-refractivity contribution in [2.45, 2.75) is 12.1 Å². The molecular weight excluding hydrogens is 506 g/mol. The molecule has 0 fully saturated rings. The Bertz CT molecular complexity index is 1420. The summed E-state index contributed by atoms with van der Waals surface area (Å²) in [6, 6.07) is 20.0. The maximum Gasteiger partial charge on any atom is 0.250 e. The minimum absolute atomic E-state index is 0.0411. The SMILES string of the molecule is CCOc1cc(/C=N/NC(=O)CSc2nnc(-c3ccc(OC)c(OC)c3)n2-c2ccccc2)ccc1O. The summed E-state index contributed by atoms with van der Waals surface area (Å²) in [5.41, 5.74) is 4.81. The van der Waals surface area contributed by atoms with Crippen molar-refractivity contribution in [1.82, 2.24) is 20.2 Å². The first-order valence-electron chi connectivity index (χ1n) is 11.7. The second kappa shape index (κ2) is 12.6. The van der Waals surface area contributed by atoms with Crippen LogP contribution in [0.1, 0.15) is 12.5 Å². The lowest BCUT2D eigenvalue weighted by Gasteiger charge is -2.12. The van der Waals surface area contributed by atoms with Crippen molar-refractivity contribution < 1.29 is 24.1 Å². The van der Waals surface area contributed by atoms with Crippen molar-refractivity contribution in [3.8, 4) is 40.1 Å². The van der Waals surface area contributed by atoms with Crippen LogP contribution in [0.3, 0.4) is 0 Å². The Labute approximate surface area is 224 Å². The number of methoxy groups -OCH3 is 2. The molecule has 0 atom stereocenters. The van der Waals surface area contributed by atoms with Gasteiger partial charge in [-0.05, 0) is 61.0 Å². The van der Waals surface area contributed by atoms with E-state index < -0.39 is 0 Å². The van der Waals surface area contributed by atoms with Gasteiger partial charge >= 0.3 is 0 Å². The highest BCUT2D eigenvalue weighted by Crippen LogP contribution is 2.34. The van der Waals surface area contributed by atoms with Crippen molar-refractivity contribution in [2.75, 3.05) is 26.6 Å². The number of aromatic nitrogens is 3. The number of hydrazone groups is 1. The predicted octanol–water partition coefficient (Wildman–Crippen LogP) is 4.30. The summed E-state index contributed by atoms with van der Waals surface area (Å²) in [6.45, 7) is 2.25. The molecule has 0 bridgehead atoms. The summed E-state index contributed by atoms with van der Waals surface area (Å²) >= 11 is 1.23. The Morgan fingerprint density at radius 2 is 1.82 bits per heavy atom. The van der Waals surface area contributed by atoms with Crippen molar-refractivity contribution in [1.29, 1.82) is 0 Å². The average Bonchev–Trinajstić information content (AvgIpc) is 3.38. The normalized spacial score (nSPS) is 10.9. The van der Waals surface area contributed by atoms with Crippen molar-refractivity contribution in [2.24, 2.45) is 5.10 Å². The van der Waals surface area contributed by atoms with E-state index in [9.17, 15) is 9.90 Å². The molecule has 0 saturated carbocycles. The fourth-order valence-electron chi connectivity index (χ4n) is 3.56. The number of rotatable bonds is 11. The number of nitrogens with one attached hydrogen (secondary N) is 1. The monoisotopic (exact) mass is 533 g/mol. The van der Waals surface area contributed by atoms with Crippen molar-refractivity contribution in [3.63, 3.8) is 0 Å². The number of thioether (sulfide) groups is 1. The maximum absolute atomic E-state index is 12.5. The third kappa shape index (κ3) is 6.24. The van der Waals surface area contributed by atoms with Gasteiger partial charge < -0.3 is 19.3 Å². The molecule has 4 rings (SSSR count). The Morgan fingerprint density at radius 3 is 2.55 bits per heavy atom. The van der Waals surface area contributed by atoms with Crippen LogP contribution in [-0.4, -0.2) is 58.6 Å². The molecule has 1 heterocycles. The number of para-hydroxylation sites is 1. The summed E-state index contributed by atoms with van der Waals surface area (Å²) < 4.78 is 18.1. The molecule has 4 aromatic rings. The molecule has 0 spiro atoms. The van der Waals surface area contributed by atoms with Gasteiger partial charge in [-0.2, -0.15) is 5.10 Å². The van der Waals surface area contributed by atoms with Crippen LogP contribution in [0.15, 0.2) is 77.0 Å². The molecule has 0 aliphatic rings. The first-order chi connectivity index (χ1) is 18.5. The van der Waals surface area contributed by atoms with Gasteiger partial charge in [0.2, 0.25) is 0 Å². The van der Waals surface area contributed by atoms with Crippen LogP contribution in [0.4, 0.5) is 0 Å². The van der Waals surface area contributed by atoms with Gasteiger partial charge in [0, 0.05) is 11.3 Å². The zero-order valence-electron chi connectivity index (χ0n) is 21.1. The molecule has 0 aliphatic heterocycles. The number of benzene rings is 3. The Balaban J connectivity index is 1.50. The Hall–Kier alpha value is -4.51. The van der Waals surface area contributed by atoms with Crippen LogP contribution < -0.4 is 19.6 Å². The molecule has 2 N–H and O–H groups in total. The van der Waals surface area contributed by atoms with Crippen LogP contribution in [0.2, 0.25) is 0 Å². The van der Waals surface area contributed by atoms with Gasteiger partial charge in [0.05, 0.1) is 32.8 Å². The van der Waals surface area contributed by atoms with Crippen LogP contribution in [0.25, 0.3) is 17.1 Å². The second-order valence-electron chi connectivity index (χ2n) is 7.79. The number of aromatic hydroxyl groups is 1. The molecule has 1 aromatic heterocycles. The Kier molecular flexibility index (Phi) is 8.83. The average molecular weight is 534 g/mol. The standard InChI is InChI=1S/C27H27N5O5S/c1-4-37-23-14-18(10-12-21(23)33)16-28-29-25(34)17-38-27-31-30-26(32(27)20-8-6-5-7-9-20)19-11-13-22(35-2)24(15-19)36-3/h5-16,33H,4,17H2,1-3H3,(H,29,34)/b28-16+. The van der Waals surface area contributed by atoms with Crippen LogP contribution in [0.5, 0.6) is 23.0 Å². The molecule has 0 unspecified atom stereocenters. The third-order valence-corrected chi connectivity index (χ3v) is 6.24. The fourth-order valence-corrected chi connectivity index (χ4v) is 4.30. The van der Waals surface area contributed by atoms with Crippen LogP contribution in [0, 0.1) is 0 Å². The van der Waals surface area contributed by atoms with E-state index in [1.807, 2.05) is 60.0 Å². The molecule has 11 heteroatoms. The number of amides is 1.